The third kappa shape index (κ3) is 3.28. The number of aromatic nitrogens is 2. The van der Waals surface area contributed by atoms with Crippen LogP contribution < -0.4 is 5.36 Å². The molecule has 6 heteroatoms. The first-order valence-corrected chi connectivity index (χ1v) is 9.33. The maximum atomic E-state index is 11.1. The van der Waals surface area contributed by atoms with Gasteiger partial charge in [0.2, 0.25) is 0 Å². The lowest BCUT2D eigenvalue weighted by Gasteiger charge is -2.23. The highest BCUT2D eigenvalue weighted by atomic mass is 16.5. The van der Waals surface area contributed by atoms with Crippen LogP contribution in [0.25, 0.3) is 11.4 Å². The van der Waals surface area contributed by atoms with Gasteiger partial charge in [-0.25, -0.2) is 4.98 Å². The highest BCUT2D eigenvalue weighted by molar-refractivity contribution is 5.59. The molecule has 0 bridgehead atoms. The monoisotopic (exact) mass is 391 g/mol. The van der Waals surface area contributed by atoms with E-state index in [1.54, 1.807) is 24.3 Å². The second-order valence-electron chi connectivity index (χ2n) is 6.84. The average molecular weight is 391 g/mol. The second kappa shape index (κ2) is 7.90. The van der Waals surface area contributed by atoms with Crippen LogP contribution in [0.2, 0.25) is 0 Å². The number of hydrogen-bond acceptors (Lipinski definition) is 5. The fraction of sp³-hybridized carbons (Fsp3) is 0.0833. The van der Waals surface area contributed by atoms with E-state index < -0.39 is 11.8 Å². The molecule has 2 atom stereocenters. The molecule has 0 fully saturated rings. The zero-order valence-corrected chi connectivity index (χ0v) is 15.9. The summed E-state index contributed by atoms with van der Waals surface area (Å²) in [5.41, 5.74) is 2.67. The molecule has 0 saturated heterocycles. The van der Waals surface area contributed by atoms with Crippen molar-refractivity contribution in [2.24, 2.45) is 0 Å². The molecule has 1 aliphatic carbocycles. The summed E-state index contributed by atoms with van der Waals surface area (Å²) in [5, 5.41) is 39.3. The van der Waals surface area contributed by atoms with Crippen LogP contribution in [-0.4, -0.2) is 14.9 Å². The van der Waals surface area contributed by atoms with Gasteiger partial charge >= 0.3 is 0 Å². The van der Waals surface area contributed by atoms with E-state index >= 15 is 0 Å². The van der Waals surface area contributed by atoms with Crippen molar-refractivity contribution >= 4 is 0 Å². The summed E-state index contributed by atoms with van der Waals surface area (Å²) >= 11 is 0. The van der Waals surface area contributed by atoms with Crippen LogP contribution in [0.4, 0.5) is 0 Å². The van der Waals surface area contributed by atoms with Crippen molar-refractivity contribution in [1.29, 1.82) is 15.9 Å². The molecule has 1 heterocycles. The molecule has 0 aromatic heterocycles. The molecule has 2 aliphatic rings. The van der Waals surface area contributed by atoms with Crippen molar-refractivity contribution in [3.63, 3.8) is 0 Å². The predicted molar refractivity (Wildman–Crippen MR) is 110 cm³/mol. The summed E-state index contributed by atoms with van der Waals surface area (Å²) < 4.78 is 0.907. The topological polar surface area (TPSA) is 109 Å². The molecule has 1 aliphatic heterocycles. The van der Waals surface area contributed by atoms with Crippen molar-refractivity contribution in [1.82, 2.24) is 9.71 Å². The maximum Gasteiger partial charge on any atom is 0.117 e. The zero-order chi connectivity index (χ0) is 21.1. The lowest BCUT2D eigenvalue weighted by atomic mass is 9.88. The first-order chi connectivity index (χ1) is 14.6. The van der Waals surface area contributed by atoms with Crippen LogP contribution in [0.3, 0.4) is 0 Å². The molecule has 30 heavy (non-hydrogen) atoms. The van der Waals surface area contributed by atoms with Crippen molar-refractivity contribution in [3.05, 3.63) is 107 Å². The Morgan fingerprint density at radius 3 is 1.97 bits per heavy atom. The number of fused-ring (bicyclic) bond motifs is 1. The van der Waals surface area contributed by atoms with Crippen LogP contribution in [0.5, 0.6) is 0 Å². The van der Waals surface area contributed by atoms with Crippen LogP contribution in [0, 0.1) is 28.1 Å². The number of nitriles is 2. The van der Waals surface area contributed by atoms with Gasteiger partial charge in [0.25, 0.3) is 0 Å². The Morgan fingerprint density at radius 2 is 1.40 bits per heavy atom. The summed E-state index contributed by atoms with van der Waals surface area (Å²) in [6, 6.07) is 27.4. The van der Waals surface area contributed by atoms with E-state index in [0.717, 1.165) is 10.3 Å². The highest BCUT2D eigenvalue weighted by Crippen LogP contribution is 2.35. The third-order valence-corrected chi connectivity index (χ3v) is 5.01. The minimum Gasteiger partial charge on any atom is -0.428 e. The molecule has 144 valence electrons. The van der Waals surface area contributed by atoms with E-state index in [0.29, 0.717) is 22.6 Å². The number of nitrogens with zero attached hydrogens (tertiary/aromatic N) is 4. The van der Waals surface area contributed by atoms with Gasteiger partial charge in [-0.1, -0.05) is 60.7 Å². The van der Waals surface area contributed by atoms with Crippen molar-refractivity contribution < 1.29 is 5.21 Å². The molecule has 2 unspecified atom stereocenters. The van der Waals surface area contributed by atoms with Crippen LogP contribution in [0.15, 0.2) is 78.9 Å². The Morgan fingerprint density at radius 1 is 0.833 bits per heavy atom. The quantitative estimate of drug-likeness (QED) is 0.512. The summed E-state index contributed by atoms with van der Waals surface area (Å²) in [7, 11) is 0. The Labute approximate surface area is 173 Å². The van der Waals surface area contributed by atoms with E-state index in [-0.39, 0.29) is 11.1 Å². The fourth-order valence-corrected chi connectivity index (χ4v) is 3.57. The summed E-state index contributed by atoms with van der Waals surface area (Å²) in [6.45, 7) is 0. The zero-order valence-electron chi connectivity index (χ0n) is 15.9. The molecular weight excluding hydrogens is 374 g/mol. The SMILES string of the molecule is N#CC(c1ccccc1)c1nc2ccc(=N)cc-2n(O)c1C(C#N)c1ccccc1. The van der Waals surface area contributed by atoms with Crippen LogP contribution in [0.1, 0.15) is 34.4 Å². The largest absolute Gasteiger partial charge is 0.428 e. The Bertz CT molecular complexity index is 1300. The minimum atomic E-state index is -0.850. The van der Waals surface area contributed by atoms with E-state index in [1.165, 1.54) is 6.07 Å². The van der Waals surface area contributed by atoms with E-state index in [1.807, 2.05) is 48.5 Å². The lowest BCUT2D eigenvalue weighted by molar-refractivity contribution is 0.176. The summed E-state index contributed by atoms with van der Waals surface area (Å²) in [5.74, 6) is -1.63. The Kier molecular flexibility index (Phi) is 4.99. The van der Waals surface area contributed by atoms with Gasteiger partial charge < -0.3 is 10.6 Å². The predicted octanol–water partition coefficient (Wildman–Crippen LogP) is 4.02. The molecule has 2 aromatic carbocycles. The van der Waals surface area contributed by atoms with E-state index in [2.05, 4.69) is 17.1 Å². The number of nitrogens with one attached hydrogen (secondary N) is 1. The van der Waals surface area contributed by atoms with Crippen molar-refractivity contribution in [2.45, 2.75) is 11.8 Å². The standard InChI is InChI=1S/C24H17N5O/c25-14-19(16-7-3-1-4-8-16)23-24(20(15-26)17-9-5-2-6-10-17)29(30)22-13-18(27)11-12-21(22)28-23/h1-13,19-20,27,30H. The Balaban J connectivity index is 2.07. The van der Waals surface area contributed by atoms with E-state index in [9.17, 15) is 15.7 Å². The third-order valence-electron chi connectivity index (χ3n) is 5.01. The highest BCUT2D eigenvalue weighted by Gasteiger charge is 2.30. The number of benzene rings is 3. The van der Waals surface area contributed by atoms with Crippen molar-refractivity contribution in [3.8, 4) is 23.5 Å². The van der Waals surface area contributed by atoms with Gasteiger partial charge in [-0.2, -0.15) is 15.3 Å². The smallest absolute Gasteiger partial charge is 0.117 e. The van der Waals surface area contributed by atoms with Gasteiger partial charge in [0.05, 0.1) is 28.9 Å². The molecule has 4 rings (SSSR count). The average Bonchev–Trinajstić information content (AvgIpc) is 2.78. The maximum absolute atomic E-state index is 11.1. The second-order valence-corrected chi connectivity index (χ2v) is 6.84. The molecular formula is C24H17N5O. The van der Waals surface area contributed by atoms with Gasteiger partial charge in [0, 0.05) is 0 Å². The summed E-state index contributed by atoms with van der Waals surface area (Å²) in [4.78, 5) is 4.68. The first-order valence-electron chi connectivity index (χ1n) is 9.33. The first kappa shape index (κ1) is 18.9. The Hall–Kier alpha value is -4.42. The minimum absolute atomic E-state index is 0.207. The number of rotatable bonds is 4. The van der Waals surface area contributed by atoms with Crippen LogP contribution >= 0.6 is 0 Å². The molecule has 2 aromatic rings. The van der Waals surface area contributed by atoms with Crippen molar-refractivity contribution in [2.75, 3.05) is 0 Å². The van der Waals surface area contributed by atoms with Crippen LogP contribution in [-0.2, 0) is 0 Å². The molecule has 2 N–H and O–H groups in total. The van der Waals surface area contributed by atoms with E-state index in [4.69, 9.17) is 5.41 Å². The summed E-state index contributed by atoms with van der Waals surface area (Å²) in [6.07, 6.45) is 0. The van der Waals surface area contributed by atoms with Gasteiger partial charge in [0.15, 0.2) is 0 Å². The lowest BCUT2D eigenvalue weighted by Crippen LogP contribution is -2.21. The molecule has 0 spiro atoms. The molecule has 0 saturated carbocycles. The van der Waals surface area contributed by atoms with Gasteiger partial charge in [0.1, 0.15) is 23.2 Å². The van der Waals surface area contributed by atoms with Gasteiger partial charge in [-0.3, -0.25) is 0 Å². The van der Waals surface area contributed by atoms with Gasteiger partial charge in [-0.05, 0) is 29.3 Å². The molecule has 0 radical (unpaired) electrons. The fourth-order valence-electron chi connectivity index (χ4n) is 3.57. The number of hydrogen-bond donors (Lipinski definition) is 2. The normalized spacial score (nSPS) is 12.6. The molecule has 6 nitrogen and oxygen atoms in total. The molecule has 0 amide bonds. The van der Waals surface area contributed by atoms with Gasteiger partial charge in [-0.15, -0.1) is 0 Å².